The Kier molecular flexibility index (Phi) is 10.7. The lowest BCUT2D eigenvalue weighted by Gasteiger charge is -2.37. The first kappa shape index (κ1) is 22.6. The van der Waals surface area contributed by atoms with Crippen LogP contribution in [0.15, 0.2) is 12.1 Å². The van der Waals surface area contributed by atoms with Gasteiger partial charge in [-0.05, 0) is 24.5 Å². The van der Waals surface area contributed by atoms with Crippen molar-refractivity contribution in [2.45, 2.75) is 26.3 Å². The average molecular weight is 409 g/mol. The molecule has 1 saturated heterocycles. The molecule has 1 atom stereocenters. The number of hydrogen-bond donors (Lipinski definition) is 1. The third kappa shape index (κ3) is 5.59. The van der Waals surface area contributed by atoms with Crippen LogP contribution >= 0.6 is 59.6 Å². The Balaban J connectivity index is 0.00000220. The summed E-state index contributed by atoms with van der Waals surface area (Å²) in [5.41, 5.74) is 0.983. The summed E-state index contributed by atoms with van der Waals surface area (Å²) in [5, 5.41) is 5.27. The largest absolute Gasteiger partial charge is 0.314 e. The van der Waals surface area contributed by atoms with Gasteiger partial charge in [0, 0.05) is 42.8 Å². The maximum Gasteiger partial charge on any atom is 0.0655 e. The quantitative estimate of drug-likeness (QED) is 0.664. The maximum absolute atomic E-state index is 6.44. The molecule has 1 aliphatic heterocycles. The van der Waals surface area contributed by atoms with Gasteiger partial charge in [-0.25, -0.2) is 0 Å². The summed E-state index contributed by atoms with van der Waals surface area (Å²) < 4.78 is 0. The average Bonchev–Trinajstić information content (AvgIpc) is 2.43. The first-order chi connectivity index (χ1) is 9.50. The summed E-state index contributed by atoms with van der Waals surface area (Å²) in [7, 11) is 0. The predicted octanol–water partition coefficient (Wildman–Crippen LogP) is 5.48. The Morgan fingerprint density at radius 2 is 1.59 bits per heavy atom. The van der Waals surface area contributed by atoms with E-state index < -0.39 is 0 Å². The molecule has 0 unspecified atom stereocenters. The fourth-order valence-corrected chi connectivity index (χ4v) is 3.53. The van der Waals surface area contributed by atoms with Crippen LogP contribution in [0.1, 0.15) is 31.9 Å². The topological polar surface area (TPSA) is 15.3 Å². The summed E-state index contributed by atoms with van der Waals surface area (Å²) >= 11 is 19.0. The van der Waals surface area contributed by atoms with E-state index in [1.165, 1.54) is 0 Å². The van der Waals surface area contributed by atoms with E-state index in [0.717, 1.165) is 38.2 Å². The van der Waals surface area contributed by atoms with Crippen molar-refractivity contribution in [2.75, 3.05) is 26.2 Å². The minimum atomic E-state index is 0. The van der Waals surface area contributed by atoms with Gasteiger partial charge in [0.25, 0.3) is 0 Å². The number of hydrogen-bond acceptors (Lipinski definition) is 2. The highest BCUT2D eigenvalue weighted by Gasteiger charge is 2.27. The second-order valence-corrected chi connectivity index (χ2v) is 6.88. The molecule has 1 aromatic rings. The van der Waals surface area contributed by atoms with Crippen LogP contribution in [0.5, 0.6) is 0 Å². The molecular weight excluding hydrogens is 385 g/mol. The van der Waals surface area contributed by atoms with Crippen molar-refractivity contribution in [1.82, 2.24) is 10.2 Å². The molecule has 0 amide bonds. The minimum Gasteiger partial charge on any atom is -0.314 e. The Bertz CT molecular complexity index is 461. The van der Waals surface area contributed by atoms with Crippen molar-refractivity contribution >= 4 is 59.6 Å². The van der Waals surface area contributed by atoms with E-state index in [1.807, 2.05) is 6.07 Å². The second-order valence-electron chi connectivity index (χ2n) is 5.69. The van der Waals surface area contributed by atoms with Crippen molar-refractivity contribution in [2.24, 2.45) is 5.92 Å². The van der Waals surface area contributed by atoms with Gasteiger partial charge in [-0.3, -0.25) is 4.90 Å². The van der Waals surface area contributed by atoms with E-state index in [4.69, 9.17) is 34.8 Å². The maximum atomic E-state index is 6.44. The van der Waals surface area contributed by atoms with Crippen LogP contribution in [0.25, 0.3) is 0 Å². The van der Waals surface area contributed by atoms with Crippen molar-refractivity contribution in [3.8, 4) is 0 Å². The highest BCUT2D eigenvalue weighted by Crippen LogP contribution is 2.40. The zero-order chi connectivity index (χ0) is 14.7. The Labute approximate surface area is 160 Å². The zero-order valence-corrected chi connectivity index (χ0v) is 16.6. The molecule has 0 spiro atoms. The fourth-order valence-electron chi connectivity index (χ4n) is 2.74. The SMILES string of the molecule is CC(C)C[C@H](c1c(Cl)ccc(Cl)c1Cl)N1CCNCC1.Cl.Cl. The molecule has 1 heterocycles. The van der Waals surface area contributed by atoms with E-state index in [9.17, 15) is 0 Å². The lowest BCUT2D eigenvalue weighted by atomic mass is 9.95. The molecule has 1 aromatic carbocycles. The van der Waals surface area contributed by atoms with Crippen molar-refractivity contribution in [3.05, 3.63) is 32.8 Å². The van der Waals surface area contributed by atoms with Crippen LogP contribution in [0.4, 0.5) is 0 Å². The Morgan fingerprint density at radius 3 is 2.14 bits per heavy atom. The van der Waals surface area contributed by atoms with Crippen LogP contribution in [0.3, 0.4) is 0 Å². The molecule has 1 N–H and O–H groups in total. The number of benzene rings is 1. The van der Waals surface area contributed by atoms with E-state index in [0.29, 0.717) is 21.0 Å². The Hall–Kier alpha value is 0.590. The van der Waals surface area contributed by atoms with E-state index in [-0.39, 0.29) is 30.9 Å². The lowest BCUT2D eigenvalue weighted by Crippen LogP contribution is -2.45. The molecule has 2 nitrogen and oxygen atoms in total. The molecular formula is C15H23Cl5N2. The number of halogens is 5. The fraction of sp³-hybridized carbons (Fsp3) is 0.600. The van der Waals surface area contributed by atoms with Gasteiger partial charge in [-0.15, -0.1) is 24.8 Å². The van der Waals surface area contributed by atoms with Crippen molar-refractivity contribution < 1.29 is 0 Å². The van der Waals surface area contributed by atoms with Gasteiger partial charge < -0.3 is 5.32 Å². The third-order valence-electron chi connectivity index (χ3n) is 3.70. The summed E-state index contributed by atoms with van der Waals surface area (Å²) in [5.74, 6) is 0.570. The molecule has 0 aromatic heterocycles. The van der Waals surface area contributed by atoms with Gasteiger partial charge >= 0.3 is 0 Å². The van der Waals surface area contributed by atoms with Crippen LogP contribution in [-0.2, 0) is 0 Å². The van der Waals surface area contributed by atoms with Crippen LogP contribution < -0.4 is 5.32 Å². The van der Waals surface area contributed by atoms with E-state index in [2.05, 4.69) is 24.1 Å². The van der Waals surface area contributed by atoms with E-state index >= 15 is 0 Å². The van der Waals surface area contributed by atoms with Gasteiger partial charge in [0.1, 0.15) is 0 Å². The van der Waals surface area contributed by atoms with Gasteiger partial charge in [0.15, 0.2) is 0 Å². The summed E-state index contributed by atoms with van der Waals surface area (Å²) in [6.45, 7) is 8.48. The van der Waals surface area contributed by atoms with Crippen LogP contribution in [0, 0.1) is 5.92 Å². The monoisotopic (exact) mass is 406 g/mol. The molecule has 0 radical (unpaired) electrons. The summed E-state index contributed by atoms with van der Waals surface area (Å²) in [6, 6.07) is 3.84. The van der Waals surface area contributed by atoms with Crippen LogP contribution in [0.2, 0.25) is 15.1 Å². The molecule has 0 aliphatic carbocycles. The normalized spacial score (nSPS) is 16.8. The molecule has 2 rings (SSSR count). The van der Waals surface area contributed by atoms with Crippen molar-refractivity contribution in [3.63, 3.8) is 0 Å². The molecule has 1 aliphatic rings. The molecule has 0 saturated carbocycles. The summed E-state index contributed by atoms with van der Waals surface area (Å²) in [4.78, 5) is 2.46. The molecule has 7 heteroatoms. The van der Waals surface area contributed by atoms with Gasteiger partial charge in [0.05, 0.1) is 10.0 Å². The lowest BCUT2D eigenvalue weighted by molar-refractivity contribution is 0.154. The van der Waals surface area contributed by atoms with Crippen molar-refractivity contribution in [1.29, 1.82) is 0 Å². The van der Waals surface area contributed by atoms with Gasteiger partial charge in [-0.2, -0.15) is 0 Å². The number of rotatable bonds is 4. The first-order valence-corrected chi connectivity index (χ1v) is 8.22. The zero-order valence-electron chi connectivity index (χ0n) is 12.7. The number of nitrogens with zero attached hydrogens (tertiary/aromatic N) is 1. The smallest absolute Gasteiger partial charge is 0.0655 e. The first-order valence-electron chi connectivity index (χ1n) is 7.09. The number of piperazine rings is 1. The van der Waals surface area contributed by atoms with Gasteiger partial charge in [0.2, 0.25) is 0 Å². The molecule has 1 fully saturated rings. The molecule has 128 valence electrons. The van der Waals surface area contributed by atoms with Gasteiger partial charge in [-0.1, -0.05) is 48.7 Å². The molecule has 22 heavy (non-hydrogen) atoms. The Morgan fingerprint density at radius 1 is 1.05 bits per heavy atom. The second kappa shape index (κ2) is 10.5. The van der Waals surface area contributed by atoms with E-state index in [1.54, 1.807) is 6.07 Å². The predicted molar refractivity (Wildman–Crippen MR) is 103 cm³/mol. The summed E-state index contributed by atoms with van der Waals surface area (Å²) in [6.07, 6.45) is 1.03. The van der Waals surface area contributed by atoms with Crippen LogP contribution in [-0.4, -0.2) is 31.1 Å². The minimum absolute atomic E-state index is 0. The highest BCUT2D eigenvalue weighted by atomic mass is 35.5. The molecule has 0 bridgehead atoms. The number of nitrogens with one attached hydrogen (secondary N) is 1. The highest BCUT2D eigenvalue weighted by molar-refractivity contribution is 6.44. The standard InChI is InChI=1S/C15H21Cl3N2.2ClH/c1-10(2)9-13(20-7-5-19-6-8-20)14-11(16)3-4-12(17)15(14)18;;/h3-4,10,13,19H,5-9H2,1-2H3;2*1H/t13-;;/m1../s1. The third-order valence-corrected chi connectivity index (χ3v) is 4.85.